The van der Waals surface area contributed by atoms with E-state index in [2.05, 4.69) is 9.97 Å². The Bertz CT molecular complexity index is 916. The maximum absolute atomic E-state index is 12.9. The van der Waals surface area contributed by atoms with E-state index in [0.717, 1.165) is 23.7 Å². The first kappa shape index (κ1) is 21.0. The van der Waals surface area contributed by atoms with Crippen molar-refractivity contribution in [2.75, 3.05) is 24.5 Å². The Morgan fingerprint density at radius 1 is 1.25 bits per heavy atom. The molecule has 0 aromatic carbocycles. The number of anilines is 1. The molecule has 2 aromatic rings. The van der Waals surface area contributed by atoms with E-state index in [-0.39, 0.29) is 29.3 Å². The van der Waals surface area contributed by atoms with Crippen LogP contribution in [0.2, 0.25) is 0 Å². The number of halogens is 3. The van der Waals surface area contributed by atoms with Crippen molar-refractivity contribution < 1.29 is 26.7 Å². The van der Waals surface area contributed by atoms with Crippen LogP contribution < -0.4 is 4.90 Å². The minimum Gasteiger partial charge on any atom is -0.376 e. The Kier molecular flexibility index (Phi) is 5.42. The average Bonchev–Trinajstić information content (AvgIpc) is 3.16. The van der Waals surface area contributed by atoms with Gasteiger partial charge in [-0.15, -0.1) is 11.3 Å². The SMILES string of the molecule is C[C@H]1CN(S(=O)(=O)c2cccs2)CCN1c1ncc([C@@](C)(O)C(F)(F)F)cn1. The molecular weight excluding hydrogens is 417 g/mol. The highest BCUT2D eigenvalue weighted by atomic mass is 32.2. The van der Waals surface area contributed by atoms with Crippen molar-refractivity contribution in [3.63, 3.8) is 0 Å². The van der Waals surface area contributed by atoms with Gasteiger partial charge in [0.05, 0.1) is 0 Å². The van der Waals surface area contributed by atoms with Crippen LogP contribution in [0.5, 0.6) is 0 Å². The van der Waals surface area contributed by atoms with E-state index in [1.165, 1.54) is 4.31 Å². The van der Waals surface area contributed by atoms with Crippen molar-refractivity contribution in [3.05, 3.63) is 35.5 Å². The Morgan fingerprint density at radius 3 is 2.39 bits per heavy atom. The highest BCUT2D eigenvalue weighted by Gasteiger charge is 2.51. The zero-order valence-electron chi connectivity index (χ0n) is 15.1. The van der Waals surface area contributed by atoms with Crippen LogP contribution in [-0.4, -0.2) is 59.6 Å². The molecule has 1 N–H and O–H groups in total. The molecule has 1 saturated heterocycles. The van der Waals surface area contributed by atoms with E-state index in [9.17, 15) is 26.7 Å². The monoisotopic (exact) mass is 436 g/mol. The fourth-order valence-electron chi connectivity index (χ4n) is 2.86. The number of sulfonamides is 1. The largest absolute Gasteiger partial charge is 0.421 e. The number of hydrogen-bond donors (Lipinski definition) is 1. The number of nitrogens with zero attached hydrogens (tertiary/aromatic N) is 4. The van der Waals surface area contributed by atoms with E-state index in [1.54, 1.807) is 29.3 Å². The van der Waals surface area contributed by atoms with Gasteiger partial charge in [0.2, 0.25) is 5.95 Å². The number of aliphatic hydroxyl groups is 1. The number of alkyl halides is 3. The zero-order valence-corrected chi connectivity index (χ0v) is 16.7. The molecule has 7 nitrogen and oxygen atoms in total. The summed E-state index contributed by atoms with van der Waals surface area (Å²) in [7, 11) is -3.57. The van der Waals surface area contributed by atoms with Gasteiger partial charge in [0.15, 0.2) is 5.60 Å². The van der Waals surface area contributed by atoms with Gasteiger partial charge in [-0.2, -0.15) is 17.5 Å². The van der Waals surface area contributed by atoms with Gasteiger partial charge in [0.1, 0.15) is 4.21 Å². The molecule has 154 valence electrons. The molecule has 0 bridgehead atoms. The van der Waals surface area contributed by atoms with Crippen LogP contribution in [-0.2, 0) is 15.6 Å². The first-order valence-electron chi connectivity index (χ1n) is 8.36. The lowest BCUT2D eigenvalue weighted by atomic mass is 9.99. The minimum atomic E-state index is -4.85. The summed E-state index contributed by atoms with van der Waals surface area (Å²) < 4.78 is 65.7. The molecule has 0 saturated carbocycles. The standard InChI is InChI=1S/C16H19F3N4O3S2/c1-11-10-22(28(25,26)13-4-3-7-27-13)5-6-23(11)14-20-8-12(9-21-14)15(2,24)16(17,18)19/h3-4,7-9,11,24H,5-6,10H2,1-2H3/t11-,15+/m0/s1. The zero-order chi connectivity index (χ0) is 20.7. The molecule has 2 atom stereocenters. The Morgan fingerprint density at radius 2 is 1.89 bits per heavy atom. The van der Waals surface area contributed by atoms with Crippen molar-refractivity contribution >= 4 is 27.3 Å². The molecule has 2 aromatic heterocycles. The van der Waals surface area contributed by atoms with Gasteiger partial charge in [-0.25, -0.2) is 18.4 Å². The molecule has 28 heavy (non-hydrogen) atoms. The molecular formula is C16H19F3N4O3S2. The summed E-state index contributed by atoms with van der Waals surface area (Å²) in [6, 6.07) is 2.94. The highest BCUT2D eigenvalue weighted by molar-refractivity contribution is 7.91. The molecule has 0 aliphatic carbocycles. The molecule has 0 amide bonds. The third-order valence-corrected chi connectivity index (χ3v) is 7.93. The van der Waals surface area contributed by atoms with Crippen LogP contribution in [0.25, 0.3) is 0 Å². The molecule has 0 spiro atoms. The maximum Gasteiger partial charge on any atom is 0.421 e. The minimum absolute atomic E-state index is 0.183. The van der Waals surface area contributed by atoms with Crippen LogP contribution in [0.4, 0.5) is 19.1 Å². The second kappa shape index (κ2) is 7.25. The van der Waals surface area contributed by atoms with Crippen LogP contribution in [0, 0.1) is 0 Å². The van der Waals surface area contributed by atoms with Gasteiger partial charge >= 0.3 is 6.18 Å². The highest BCUT2D eigenvalue weighted by Crippen LogP contribution is 2.38. The third-order valence-electron chi connectivity index (χ3n) is 4.69. The first-order valence-corrected chi connectivity index (χ1v) is 10.7. The van der Waals surface area contributed by atoms with E-state index in [4.69, 9.17) is 0 Å². The van der Waals surface area contributed by atoms with Gasteiger partial charge in [-0.05, 0) is 25.3 Å². The van der Waals surface area contributed by atoms with Crippen molar-refractivity contribution in [2.45, 2.75) is 35.9 Å². The van der Waals surface area contributed by atoms with Crippen LogP contribution in [0.1, 0.15) is 19.4 Å². The predicted molar refractivity (Wildman–Crippen MR) is 97.5 cm³/mol. The van der Waals surface area contributed by atoms with Gasteiger partial charge in [-0.1, -0.05) is 6.07 Å². The normalized spacial score (nSPS) is 21.5. The van der Waals surface area contributed by atoms with Crippen molar-refractivity contribution in [1.82, 2.24) is 14.3 Å². The summed E-state index contributed by atoms with van der Waals surface area (Å²) in [5.74, 6) is 0.183. The number of rotatable bonds is 4. The lowest BCUT2D eigenvalue weighted by molar-refractivity contribution is -0.259. The molecule has 12 heteroatoms. The number of piperazine rings is 1. The summed E-state index contributed by atoms with van der Waals surface area (Å²) >= 11 is 1.14. The molecule has 3 rings (SSSR count). The van der Waals surface area contributed by atoms with Crippen molar-refractivity contribution in [2.24, 2.45) is 0 Å². The van der Waals surface area contributed by atoms with Gasteiger partial charge in [0.25, 0.3) is 10.0 Å². The summed E-state index contributed by atoms with van der Waals surface area (Å²) in [6.45, 7) is 3.13. The predicted octanol–water partition coefficient (Wildman–Crippen LogP) is 2.21. The number of aromatic nitrogens is 2. The van der Waals surface area contributed by atoms with Crippen molar-refractivity contribution in [1.29, 1.82) is 0 Å². The Hall–Kier alpha value is -1.76. The van der Waals surface area contributed by atoms with Crippen LogP contribution in [0.15, 0.2) is 34.1 Å². The molecule has 0 radical (unpaired) electrons. The lowest BCUT2D eigenvalue weighted by Crippen LogP contribution is -2.54. The van der Waals surface area contributed by atoms with Crippen LogP contribution in [0.3, 0.4) is 0 Å². The van der Waals surface area contributed by atoms with Crippen LogP contribution >= 0.6 is 11.3 Å². The van der Waals surface area contributed by atoms with E-state index in [1.807, 2.05) is 0 Å². The summed E-state index contributed by atoms with van der Waals surface area (Å²) in [5.41, 5.74) is -3.51. The molecule has 1 fully saturated rings. The van der Waals surface area contributed by atoms with Crippen molar-refractivity contribution in [3.8, 4) is 0 Å². The Balaban J connectivity index is 1.75. The van der Waals surface area contributed by atoms with Gasteiger partial charge in [-0.3, -0.25) is 0 Å². The topological polar surface area (TPSA) is 86.6 Å². The quantitative estimate of drug-likeness (QED) is 0.791. The smallest absolute Gasteiger partial charge is 0.376 e. The molecule has 0 unspecified atom stereocenters. The van der Waals surface area contributed by atoms with E-state index in [0.29, 0.717) is 13.5 Å². The lowest BCUT2D eigenvalue weighted by Gasteiger charge is -2.39. The third kappa shape index (κ3) is 3.73. The second-order valence-corrected chi connectivity index (χ2v) is 9.79. The summed E-state index contributed by atoms with van der Waals surface area (Å²) in [5, 5.41) is 11.4. The molecule has 3 heterocycles. The van der Waals surface area contributed by atoms with Gasteiger partial charge < -0.3 is 10.0 Å². The summed E-state index contributed by atoms with van der Waals surface area (Å²) in [6.07, 6.45) is -2.97. The molecule has 1 aliphatic heterocycles. The number of thiophene rings is 1. The fourth-order valence-corrected chi connectivity index (χ4v) is 5.52. The fraction of sp³-hybridized carbons (Fsp3) is 0.500. The maximum atomic E-state index is 12.9. The van der Waals surface area contributed by atoms with Gasteiger partial charge in [0, 0.05) is 43.6 Å². The second-order valence-electron chi connectivity index (χ2n) is 6.68. The Labute approximate surface area is 164 Å². The average molecular weight is 436 g/mol. The summed E-state index contributed by atoms with van der Waals surface area (Å²) in [4.78, 5) is 9.65. The first-order chi connectivity index (χ1) is 12.9. The number of hydrogen-bond acceptors (Lipinski definition) is 7. The van der Waals surface area contributed by atoms with E-state index >= 15 is 0 Å². The van der Waals surface area contributed by atoms with E-state index < -0.39 is 27.4 Å². The molecule has 1 aliphatic rings.